The molecule has 0 amide bonds. The van der Waals surface area contributed by atoms with E-state index in [9.17, 15) is 0 Å². The number of aromatic nitrogens is 1. The van der Waals surface area contributed by atoms with E-state index < -0.39 is 0 Å². The molecule has 0 aliphatic rings. The van der Waals surface area contributed by atoms with Crippen molar-refractivity contribution in [2.24, 2.45) is 10.7 Å². The summed E-state index contributed by atoms with van der Waals surface area (Å²) in [6.07, 6.45) is 1.79. The van der Waals surface area contributed by atoms with Gasteiger partial charge in [0.25, 0.3) is 0 Å². The fourth-order valence-corrected chi connectivity index (χ4v) is 2.01. The number of guanidine groups is 1. The van der Waals surface area contributed by atoms with Gasteiger partial charge in [-0.1, -0.05) is 26.0 Å². The molecule has 1 aromatic carbocycles. The summed E-state index contributed by atoms with van der Waals surface area (Å²) in [5.41, 5.74) is 10.2. The number of nitrogens with one attached hydrogen (secondary N) is 1. The molecule has 3 N–H and O–H groups in total. The standard InChI is InChI=1S/C17H22N4/c1-12(2)14-5-4-6-15(10-14)21-17(18)20-11-16-9-13(3)7-8-19-16/h4-10,12H,11H2,1-3H3,(H3,18,20,21). The van der Waals surface area contributed by atoms with Gasteiger partial charge in [0.15, 0.2) is 5.96 Å². The highest BCUT2D eigenvalue weighted by atomic mass is 15.1. The van der Waals surface area contributed by atoms with Crippen LogP contribution in [0, 0.1) is 6.92 Å². The van der Waals surface area contributed by atoms with E-state index in [4.69, 9.17) is 5.73 Å². The molecule has 0 fully saturated rings. The summed E-state index contributed by atoms with van der Waals surface area (Å²) in [5, 5.41) is 3.12. The number of pyridine rings is 1. The van der Waals surface area contributed by atoms with Crippen molar-refractivity contribution >= 4 is 11.6 Å². The van der Waals surface area contributed by atoms with Gasteiger partial charge in [0.2, 0.25) is 0 Å². The Morgan fingerprint density at radius 2 is 2.10 bits per heavy atom. The van der Waals surface area contributed by atoms with E-state index in [1.165, 1.54) is 11.1 Å². The molecule has 1 heterocycles. The molecule has 1 aromatic heterocycles. The van der Waals surface area contributed by atoms with Crippen molar-refractivity contribution in [3.8, 4) is 0 Å². The number of aryl methyl sites for hydroxylation is 1. The third-order valence-corrected chi connectivity index (χ3v) is 3.21. The van der Waals surface area contributed by atoms with E-state index in [-0.39, 0.29) is 0 Å². The van der Waals surface area contributed by atoms with Crippen molar-refractivity contribution in [2.75, 3.05) is 5.32 Å². The smallest absolute Gasteiger partial charge is 0.193 e. The van der Waals surface area contributed by atoms with Gasteiger partial charge in [0.1, 0.15) is 0 Å². The van der Waals surface area contributed by atoms with Gasteiger partial charge in [-0.05, 0) is 48.2 Å². The van der Waals surface area contributed by atoms with Gasteiger partial charge in [0.05, 0.1) is 12.2 Å². The zero-order valence-electron chi connectivity index (χ0n) is 12.8. The van der Waals surface area contributed by atoms with Gasteiger partial charge in [-0.15, -0.1) is 0 Å². The minimum Gasteiger partial charge on any atom is -0.370 e. The zero-order valence-corrected chi connectivity index (χ0v) is 12.8. The molecule has 0 unspecified atom stereocenters. The van der Waals surface area contributed by atoms with Crippen LogP contribution in [0.25, 0.3) is 0 Å². The first-order valence-corrected chi connectivity index (χ1v) is 7.13. The van der Waals surface area contributed by atoms with Crippen molar-refractivity contribution in [2.45, 2.75) is 33.2 Å². The van der Waals surface area contributed by atoms with Crippen LogP contribution in [0.4, 0.5) is 5.69 Å². The molecule has 0 saturated heterocycles. The molecular formula is C17H22N4. The van der Waals surface area contributed by atoms with E-state index >= 15 is 0 Å². The van der Waals surface area contributed by atoms with E-state index in [1.54, 1.807) is 6.20 Å². The number of rotatable bonds is 4. The normalized spacial score (nSPS) is 11.7. The Kier molecular flexibility index (Phi) is 4.93. The second-order valence-electron chi connectivity index (χ2n) is 5.43. The molecule has 0 radical (unpaired) electrons. The number of aliphatic imine (C=N–C) groups is 1. The van der Waals surface area contributed by atoms with Crippen molar-refractivity contribution in [3.05, 3.63) is 59.4 Å². The number of nitrogens with two attached hydrogens (primary N) is 1. The van der Waals surface area contributed by atoms with Gasteiger partial charge in [0, 0.05) is 11.9 Å². The largest absolute Gasteiger partial charge is 0.370 e. The van der Waals surface area contributed by atoms with Crippen molar-refractivity contribution in [1.82, 2.24) is 4.98 Å². The average Bonchev–Trinajstić information content (AvgIpc) is 2.45. The molecule has 2 aromatic rings. The first kappa shape index (κ1) is 15.0. The van der Waals surface area contributed by atoms with Crippen LogP contribution in [-0.4, -0.2) is 10.9 Å². The van der Waals surface area contributed by atoms with Crippen LogP contribution < -0.4 is 11.1 Å². The molecule has 0 aliphatic carbocycles. The zero-order chi connectivity index (χ0) is 15.2. The van der Waals surface area contributed by atoms with Crippen molar-refractivity contribution in [1.29, 1.82) is 0 Å². The molecule has 2 rings (SSSR count). The second-order valence-corrected chi connectivity index (χ2v) is 5.43. The van der Waals surface area contributed by atoms with Gasteiger partial charge in [-0.3, -0.25) is 4.98 Å². The number of hydrogen-bond acceptors (Lipinski definition) is 2. The molecule has 110 valence electrons. The lowest BCUT2D eigenvalue weighted by atomic mass is 10.0. The maximum atomic E-state index is 5.93. The minimum atomic E-state index is 0.402. The Morgan fingerprint density at radius 3 is 2.81 bits per heavy atom. The van der Waals surface area contributed by atoms with E-state index in [0.717, 1.165) is 11.4 Å². The van der Waals surface area contributed by atoms with Crippen molar-refractivity contribution < 1.29 is 0 Å². The first-order valence-electron chi connectivity index (χ1n) is 7.13. The summed E-state index contributed by atoms with van der Waals surface area (Å²) in [6.45, 7) is 6.85. The van der Waals surface area contributed by atoms with Gasteiger partial charge >= 0.3 is 0 Å². The molecular weight excluding hydrogens is 260 g/mol. The maximum absolute atomic E-state index is 5.93. The Labute approximate surface area is 126 Å². The first-order chi connectivity index (χ1) is 10.0. The van der Waals surface area contributed by atoms with Crippen LogP contribution in [0.1, 0.15) is 36.6 Å². The number of anilines is 1. The molecule has 4 nitrogen and oxygen atoms in total. The lowest BCUT2D eigenvalue weighted by Crippen LogP contribution is -2.22. The molecule has 4 heteroatoms. The summed E-state index contributed by atoms with van der Waals surface area (Å²) < 4.78 is 0. The molecule has 0 saturated carbocycles. The highest BCUT2D eigenvalue weighted by molar-refractivity contribution is 5.92. The van der Waals surface area contributed by atoms with E-state index in [0.29, 0.717) is 18.4 Å². The van der Waals surface area contributed by atoms with Crippen LogP contribution in [0.5, 0.6) is 0 Å². The molecule has 0 atom stereocenters. The van der Waals surface area contributed by atoms with Crippen LogP contribution >= 0.6 is 0 Å². The highest BCUT2D eigenvalue weighted by Crippen LogP contribution is 2.18. The lowest BCUT2D eigenvalue weighted by molar-refractivity contribution is 0.867. The molecule has 0 aliphatic heterocycles. The number of nitrogens with zero attached hydrogens (tertiary/aromatic N) is 2. The van der Waals surface area contributed by atoms with Crippen LogP contribution in [0.2, 0.25) is 0 Å². The van der Waals surface area contributed by atoms with Gasteiger partial charge in [-0.2, -0.15) is 0 Å². The average molecular weight is 282 g/mol. The predicted molar refractivity (Wildman–Crippen MR) is 88.5 cm³/mol. The minimum absolute atomic E-state index is 0.402. The van der Waals surface area contributed by atoms with Crippen LogP contribution in [0.3, 0.4) is 0 Å². The molecule has 0 bridgehead atoms. The topological polar surface area (TPSA) is 63.3 Å². The summed E-state index contributed by atoms with van der Waals surface area (Å²) in [6, 6.07) is 12.2. The lowest BCUT2D eigenvalue weighted by Gasteiger charge is -2.10. The maximum Gasteiger partial charge on any atom is 0.193 e. The van der Waals surface area contributed by atoms with Crippen LogP contribution in [0.15, 0.2) is 47.6 Å². The third kappa shape index (κ3) is 4.60. The van der Waals surface area contributed by atoms with E-state index in [1.807, 2.05) is 31.2 Å². The Bertz CT molecular complexity index is 632. The summed E-state index contributed by atoms with van der Waals surface area (Å²) in [4.78, 5) is 8.59. The molecule has 21 heavy (non-hydrogen) atoms. The number of benzene rings is 1. The summed E-state index contributed by atoms with van der Waals surface area (Å²) in [7, 11) is 0. The fraction of sp³-hybridized carbons (Fsp3) is 0.294. The van der Waals surface area contributed by atoms with Gasteiger partial charge in [-0.25, -0.2) is 4.99 Å². The Morgan fingerprint density at radius 1 is 1.29 bits per heavy atom. The Hall–Kier alpha value is -2.36. The predicted octanol–water partition coefficient (Wildman–Crippen LogP) is 3.44. The fourth-order valence-electron chi connectivity index (χ4n) is 2.01. The quantitative estimate of drug-likeness (QED) is 0.667. The monoisotopic (exact) mass is 282 g/mol. The SMILES string of the molecule is Cc1ccnc(CN=C(N)Nc2cccc(C(C)C)c2)c1. The number of hydrogen-bond donors (Lipinski definition) is 2. The van der Waals surface area contributed by atoms with Crippen molar-refractivity contribution in [3.63, 3.8) is 0 Å². The van der Waals surface area contributed by atoms with Crippen LogP contribution in [-0.2, 0) is 6.54 Å². The third-order valence-electron chi connectivity index (χ3n) is 3.21. The van der Waals surface area contributed by atoms with E-state index in [2.05, 4.69) is 41.3 Å². The Balaban J connectivity index is 2.02. The molecule has 0 spiro atoms. The summed E-state index contributed by atoms with van der Waals surface area (Å²) in [5.74, 6) is 0.889. The summed E-state index contributed by atoms with van der Waals surface area (Å²) >= 11 is 0. The highest BCUT2D eigenvalue weighted by Gasteiger charge is 2.01. The van der Waals surface area contributed by atoms with Gasteiger partial charge < -0.3 is 11.1 Å². The second kappa shape index (κ2) is 6.88.